The predicted octanol–water partition coefficient (Wildman–Crippen LogP) is 0.808. The molecule has 0 rings (SSSR count). The van der Waals surface area contributed by atoms with Crippen LogP contribution in [0.15, 0.2) is 17.2 Å². The summed E-state index contributed by atoms with van der Waals surface area (Å²) in [5.41, 5.74) is 0. The van der Waals surface area contributed by atoms with E-state index in [1.807, 2.05) is 0 Å². The van der Waals surface area contributed by atoms with Gasteiger partial charge in [-0.15, -0.1) is 0 Å². The Kier molecular flexibility index (Phi) is 4.06. The Labute approximate surface area is 34.7 Å². The molecule has 0 aliphatic heterocycles. The molecular weight excluding hydrogens is 79.8 g/mol. The van der Waals surface area contributed by atoms with Crippen LogP contribution in [0.4, 0.5) is 0 Å². The third-order valence-corrected chi connectivity index (χ3v) is 0.364. The Morgan fingerprint density at radius 2 is 2.60 bits per heavy atom. The van der Waals surface area contributed by atoms with Crippen molar-refractivity contribution in [1.82, 2.24) is 0 Å². The van der Waals surface area contributed by atoms with Crippen molar-refractivity contribution in [2.24, 2.45) is 4.67 Å². The second-order valence-electron chi connectivity index (χ2n) is 0.534. The molecule has 1 unspecified atom stereocenters. The molecule has 0 spiro atoms. The number of hydrogen-bond acceptors (Lipinski definition) is 1. The van der Waals surface area contributed by atoms with Gasteiger partial charge in [0.15, 0.2) is 0 Å². The van der Waals surface area contributed by atoms with Crippen molar-refractivity contribution in [1.29, 1.82) is 0 Å². The average molecular weight is 84.9 g/mol. The monoisotopic (exact) mass is 85.0 g/mol. The Morgan fingerprint density at radius 1 is 2.00 bits per heavy atom. The Bertz CT molecular complexity index is 51.6. The fourth-order valence-electron chi connectivity index (χ4n) is 0.0609. The van der Waals surface area contributed by atoms with Crippen LogP contribution in [0.3, 0.4) is 0 Å². The van der Waals surface area contributed by atoms with Crippen molar-refractivity contribution < 1.29 is 0 Å². The van der Waals surface area contributed by atoms with E-state index in [9.17, 15) is 0 Å². The van der Waals surface area contributed by atoms with Crippen LogP contribution in [0, 0.1) is 0 Å². The van der Waals surface area contributed by atoms with E-state index in [-0.39, 0.29) is 0 Å². The van der Waals surface area contributed by atoms with E-state index < -0.39 is 0 Å². The predicted molar refractivity (Wildman–Crippen MR) is 28.1 cm³/mol. The fourth-order valence-corrected chi connectivity index (χ4v) is 0.183. The van der Waals surface area contributed by atoms with Crippen LogP contribution in [0.25, 0.3) is 0 Å². The topological polar surface area (TPSA) is 12.4 Å². The summed E-state index contributed by atoms with van der Waals surface area (Å²) in [7, 11) is 3.80. The zero-order valence-corrected chi connectivity index (χ0v) is 4.04. The van der Waals surface area contributed by atoms with Crippen LogP contribution < -0.4 is 0 Å². The summed E-state index contributed by atoms with van der Waals surface area (Å²) in [5, 5.41) is 0. The molecule has 0 amide bonds. The first-order chi connectivity index (χ1) is 2.41. The zero-order chi connectivity index (χ0) is 4.12. The standard InChI is InChI=1S/C2H5BNP/c1-2-3-4-5/h2H,1,5H2. The molecule has 0 aliphatic rings. The van der Waals surface area contributed by atoms with Gasteiger partial charge in [0.2, 0.25) is 0 Å². The summed E-state index contributed by atoms with van der Waals surface area (Å²) in [5.74, 6) is 1.62. The van der Waals surface area contributed by atoms with Crippen LogP contribution in [0.2, 0.25) is 0 Å². The zero-order valence-electron chi connectivity index (χ0n) is 2.89. The van der Waals surface area contributed by atoms with Crippen LogP contribution in [-0.2, 0) is 0 Å². The van der Waals surface area contributed by atoms with Crippen molar-refractivity contribution >= 4 is 16.5 Å². The normalized spacial score (nSPS) is 7.40. The minimum absolute atomic E-state index is 1.60. The summed E-state index contributed by atoms with van der Waals surface area (Å²) in [4.78, 5) is 0. The molecule has 1 nitrogen and oxygen atoms in total. The molecular formula is C2H5BNP. The molecule has 0 N–H and O–H groups in total. The van der Waals surface area contributed by atoms with Gasteiger partial charge < -0.3 is 0 Å². The molecule has 0 aliphatic carbocycles. The Morgan fingerprint density at radius 3 is 2.60 bits per heavy atom. The van der Waals surface area contributed by atoms with Gasteiger partial charge in [0.1, 0.15) is 0 Å². The van der Waals surface area contributed by atoms with Crippen molar-refractivity contribution in [2.75, 3.05) is 0 Å². The maximum atomic E-state index is 3.53. The molecule has 0 radical (unpaired) electrons. The van der Waals surface area contributed by atoms with Crippen LogP contribution >= 0.6 is 9.39 Å². The first kappa shape index (κ1) is 5.03. The first-order valence-corrected chi connectivity index (χ1v) is 1.77. The summed E-state index contributed by atoms with van der Waals surface area (Å²) >= 11 is 0. The van der Waals surface area contributed by atoms with Gasteiger partial charge in [0, 0.05) is 0 Å². The summed E-state index contributed by atoms with van der Waals surface area (Å²) in [6, 6.07) is 0. The molecule has 0 saturated heterocycles. The number of hydrogen-bond donors (Lipinski definition) is 0. The van der Waals surface area contributed by atoms with Gasteiger partial charge in [-0.3, -0.25) is 0 Å². The second-order valence-corrected chi connectivity index (χ2v) is 0.832. The van der Waals surface area contributed by atoms with E-state index in [2.05, 4.69) is 20.6 Å². The van der Waals surface area contributed by atoms with E-state index in [1.54, 1.807) is 13.0 Å². The van der Waals surface area contributed by atoms with Crippen LogP contribution in [-0.4, -0.2) is 7.07 Å². The van der Waals surface area contributed by atoms with Gasteiger partial charge in [-0.25, -0.2) is 0 Å². The SMILES string of the molecule is C=CB=NP. The van der Waals surface area contributed by atoms with Gasteiger partial charge in [-0.2, -0.15) is 0 Å². The summed E-state index contributed by atoms with van der Waals surface area (Å²) < 4.78 is 3.53. The van der Waals surface area contributed by atoms with Crippen LogP contribution in [0.5, 0.6) is 0 Å². The fraction of sp³-hybridized carbons (Fsp3) is 0. The summed E-state index contributed by atoms with van der Waals surface area (Å²) in [6.07, 6.45) is 0. The average Bonchev–Trinajstić information content (AvgIpc) is 1.41. The molecule has 0 aromatic heterocycles. The van der Waals surface area contributed by atoms with Gasteiger partial charge in [0.05, 0.1) is 0 Å². The Balaban J connectivity index is 2.92. The maximum absolute atomic E-state index is 3.53. The van der Waals surface area contributed by atoms with Gasteiger partial charge in [0.25, 0.3) is 0 Å². The second kappa shape index (κ2) is 4.03. The molecule has 26 valence electrons. The van der Waals surface area contributed by atoms with Gasteiger partial charge in [-0.05, 0) is 0 Å². The van der Waals surface area contributed by atoms with E-state index in [1.165, 1.54) is 0 Å². The van der Waals surface area contributed by atoms with E-state index in [0.29, 0.717) is 0 Å². The molecule has 0 bridgehead atoms. The first-order valence-electron chi connectivity index (χ1n) is 1.26. The molecule has 0 saturated carbocycles. The molecule has 0 fully saturated rings. The van der Waals surface area contributed by atoms with Crippen molar-refractivity contribution in [2.45, 2.75) is 0 Å². The molecule has 5 heavy (non-hydrogen) atoms. The third-order valence-electron chi connectivity index (χ3n) is 0.191. The molecule has 0 aromatic rings. The Hall–Kier alpha value is 0.0349. The van der Waals surface area contributed by atoms with Gasteiger partial charge >= 0.3 is 33.7 Å². The van der Waals surface area contributed by atoms with E-state index >= 15 is 0 Å². The summed E-state index contributed by atoms with van der Waals surface area (Å²) in [6.45, 7) is 3.39. The minimum atomic E-state index is 1.60. The number of rotatable bonds is 1. The van der Waals surface area contributed by atoms with E-state index in [4.69, 9.17) is 0 Å². The molecule has 3 heteroatoms. The number of nitrogens with zero attached hydrogens (tertiary/aromatic N) is 1. The van der Waals surface area contributed by atoms with E-state index in [0.717, 1.165) is 0 Å². The molecule has 0 heterocycles. The van der Waals surface area contributed by atoms with Gasteiger partial charge in [-0.1, -0.05) is 0 Å². The quantitative estimate of drug-likeness (QED) is 0.330. The van der Waals surface area contributed by atoms with Crippen LogP contribution in [0.1, 0.15) is 0 Å². The van der Waals surface area contributed by atoms with Crippen molar-refractivity contribution in [3.05, 3.63) is 12.6 Å². The van der Waals surface area contributed by atoms with Crippen molar-refractivity contribution in [3.8, 4) is 0 Å². The third kappa shape index (κ3) is 4.03. The molecule has 1 atom stereocenters. The van der Waals surface area contributed by atoms with Crippen molar-refractivity contribution in [3.63, 3.8) is 0 Å². The molecule has 0 aromatic carbocycles.